The number of aromatic nitrogens is 5. The first-order valence-corrected chi connectivity index (χ1v) is 11.1. The SMILES string of the molecule is CCn1c(CNC(=O)c2nc3cc[nH]c3nc2N)[n+](Cc2ccccc2)c2ccc(Cl)cc21. The van der Waals surface area contributed by atoms with E-state index in [1.807, 2.05) is 36.4 Å². The summed E-state index contributed by atoms with van der Waals surface area (Å²) in [5.41, 5.74) is 10.5. The zero-order valence-corrected chi connectivity index (χ0v) is 18.8. The van der Waals surface area contributed by atoms with Crippen LogP contribution in [0, 0.1) is 0 Å². The maximum atomic E-state index is 13.0. The average Bonchev–Trinajstić information content (AvgIpc) is 3.38. The van der Waals surface area contributed by atoms with Gasteiger partial charge in [0.15, 0.2) is 28.2 Å². The number of carbonyl (C=O) groups excluding carboxylic acids is 1. The van der Waals surface area contributed by atoms with Gasteiger partial charge in [0.1, 0.15) is 18.6 Å². The summed E-state index contributed by atoms with van der Waals surface area (Å²) in [6.07, 6.45) is 1.71. The van der Waals surface area contributed by atoms with Gasteiger partial charge in [-0.1, -0.05) is 41.9 Å². The van der Waals surface area contributed by atoms with Crippen LogP contribution in [0.3, 0.4) is 0 Å². The minimum atomic E-state index is -0.375. The Kier molecular flexibility index (Phi) is 5.43. The smallest absolute Gasteiger partial charge is 0.277 e. The summed E-state index contributed by atoms with van der Waals surface area (Å²) in [6, 6.07) is 17.8. The molecule has 0 atom stereocenters. The van der Waals surface area contributed by atoms with E-state index in [2.05, 4.69) is 48.5 Å². The Balaban J connectivity index is 1.52. The van der Waals surface area contributed by atoms with Gasteiger partial charge in [0.2, 0.25) is 0 Å². The third kappa shape index (κ3) is 3.89. The molecule has 5 aromatic rings. The molecule has 0 bridgehead atoms. The highest BCUT2D eigenvalue weighted by molar-refractivity contribution is 6.31. The van der Waals surface area contributed by atoms with Gasteiger partial charge in [-0.05, 0) is 30.7 Å². The predicted octanol–water partition coefficient (Wildman–Crippen LogP) is 3.43. The second kappa shape index (κ2) is 8.55. The number of hydrogen-bond acceptors (Lipinski definition) is 4. The number of benzene rings is 2. The first-order valence-electron chi connectivity index (χ1n) is 10.7. The van der Waals surface area contributed by atoms with Gasteiger partial charge in [-0.25, -0.2) is 19.1 Å². The van der Waals surface area contributed by atoms with Crippen LogP contribution in [0.2, 0.25) is 5.02 Å². The van der Waals surface area contributed by atoms with Crippen LogP contribution in [0.1, 0.15) is 28.8 Å². The fourth-order valence-electron chi connectivity index (χ4n) is 4.14. The molecule has 0 aliphatic heterocycles. The molecule has 33 heavy (non-hydrogen) atoms. The van der Waals surface area contributed by atoms with Crippen LogP contribution in [0.15, 0.2) is 60.8 Å². The highest BCUT2D eigenvalue weighted by atomic mass is 35.5. The molecule has 0 saturated heterocycles. The topological polar surface area (TPSA) is 105 Å². The zero-order valence-electron chi connectivity index (χ0n) is 18.0. The number of nitrogens with two attached hydrogens (primary N) is 1. The molecule has 0 radical (unpaired) electrons. The van der Waals surface area contributed by atoms with E-state index in [9.17, 15) is 4.79 Å². The summed E-state index contributed by atoms with van der Waals surface area (Å²) < 4.78 is 4.37. The van der Waals surface area contributed by atoms with Gasteiger partial charge in [-0.15, -0.1) is 0 Å². The quantitative estimate of drug-likeness (QED) is 0.337. The summed E-state index contributed by atoms with van der Waals surface area (Å²) in [5, 5.41) is 3.65. The number of aromatic amines is 1. The van der Waals surface area contributed by atoms with E-state index >= 15 is 0 Å². The largest absolute Gasteiger partial charge is 0.382 e. The Morgan fingerprint density at radius 3 is 2.79 bits per heavy atom. The van der Waals surface area contributed by atoms with Gasteiger partial charge >= 0.3 is 0 Å². The molecule has 3 aromatic heterocycles. The monoisotopic (exact) mass is 460 g/mol. The van der Waals surface area contributed by atoms with Crippen molar-refractivity contribution >= 4 is 45.5 Å². The van der Waals surface area contributed by atoms with Gasteiger partial charge in [-0.3, -0.25) is 4.79 Å². The van der Waals surface area contributed by atoms with E-state index in [0.717, 1.165) is 29.0 Å². The van der Waals surface area contributed by atoms with Crippen molar-refractivity contribution in [2.24, 2.45) is 0 Å². The van der Waals surface area contributed by atoms with Crippen molar-refractivity contribution in [3.63, 3.8) is 0 Å². The minimum Gasteiger partial charge on any atom is -0.382 e. The van der Waals surface area contributed by atoms with Crippen molar-refractivity contribution in [3.05, 3.63) is 82.9 Å². The van der Waals surface area contributed by atoms with E-state index in [1.54, 1.807) is 12.3 Å². The van der Waals surface area contributed by atoms with Crippen molar-refractivity contribution in [2.45, 2.75) is 26.6 Å². The number of rotatable bonds is 6. The maximum Gasteiger partial charge on any atom is 0.277 e. The number of nitrogen functional groups attached to an aromatic ring is 1. The molecule has 9 heteroatoms. The van der Waals surface area contributed by atoms with Gasteiger partial charge in [0.25, 0.3) is 11.7 Å². The van der Waals surface area contributed by atoms with Gasteiger partial charge in [0.05, 0.1) is 6.54 Å². The van der Waals surface area contributed by atoms with Crippen LogP contribution in [0.25, 0.3) is 22.2 Å². The molecule has 0 aliphatic carbocycles. The number of halogens is 1. The number of anilines is 1. The lowest BCUT2D eigenvalue weighted by molar-refractivity contribution is -0.671. The van der Waals surface area contributed by atoms with Crippen molar-refractivity contribution in [2.75, 3.05) is 5.73 Å². The van der Waals surface area contributed by atoms with Crippen LogP contribution in [0.4, 0.5) is 5.82 Å². The summed E-state index contributed by atoms with van der Waals surface area (Å²) in [4.78, 5) is 24.6. The second-order valence-corrected chi connectivity index (χ2v) is 8.15. The van der Waals surface area contributed by atoms with Gasteiger partial charge in [-0.2, -0.15) is 0 Å². The zero-order chi connectivity index (χ0) is 22.9. The molecule has 0 spiro atoms. The van der Waals surface area contributed by atoms with Gasteiger partial charge in [0, 0.05) is 17.3 Å². The first kappa shape index (κ1) is 21.0. The van der Waals surface area contributed by atoms with E-state index in [0.29, 0.717) is 22.7 Å². The Bertz CT molecular complexity index is 1470. The lowest BCUT2D eigenvalue weighted by Crippen LogP contribution is -2.41. The molecule has 8 nitrogen and oxygen atoms in total. The first-order chi connectivity index (χ1) is 16.0. The Morgan fingerprint density at radius 2 is 2.00 bits per heavy atom. The van der Waals surface area contributed by atoms with Crippen LogP contribution >= 0.6 is 11.6 Å². The highest BCUT2D eigenvalue weighted by Gasteiger charge is 2.26. The molecule has 0 fully saturated rings. The Labute approximate surface area is 195 Å². The number of H-pyrrole nitrogens is 1. The Morgan fingerprint density at radius 1 is 1.18 bits per heavy atom. The molecule has 1 amide bonds. The average molecular weight is 461 g/mol. The van der Waals surface area contributed by atoms with E-state index in [4.69, 9.17) is 17.3 Å². The number of carbonyl (C=O) groups is 1. The number of amides is 1. The fourth-order valence-corrected chi connectivity index (χ4v) is 4.31. The van der Waals surface area contributed by atoms with Crippen LogP contribution in [-0.4, -0.2) is 25.4 Å². The number of nitrogens with one attached hydrogen (secondary N) is 2. The second-order valence-electron chi connectivity index (χ2n) is 7.72. The summed E-state index contributed by atoms with van der Waals surface area (Å²) in [5.74, 6) is 0.656. The number of hydrogen-bond donors (Lipinski definition) is 3. The third-order valence-corrected chi connectivity index (χ3v) is 5.91. The number of imidazole rings is 1. The van der Waals surface area contributed by atoms with Crippen molar-refractivity contribution in [1.29, 1.82) is 0 Å². The standard InChI is InChI=1S/C24H22ClN7O/c1-2-31-19-12-16(25)8-9-18(19)32(14-15-6-4-3-5-7-15)20(31)13-28-24(33)21-22(26)30-23-17(29-21)10-11-27-23/h3-12H,2,13-14H2,1H3,(H3-,26,27,28,29,30,33)/p+1. The molecule has 0 aliphatic rings. The molecule has 0 saturated carbocycles. The molecule has 0 unspecified atom stereocenters. The lowest BCUT2D eigenvalue weighted by Gasteiger charge is -2.08. The highest BCUT2D eigenvalue weighted by Crippen LogP contribution is 2.21. The minimum absolute atomic E-state index is 0.0856. The molecule has 3 heterocycles. The Hall–Kier alpha value is -3.91. The molecule has 4 N–H and O–H groups in total. The number of aryl methyl sites for hydroxylation is 1. The number of nitrogens with zero attached hydrogens (tertiary/aromatic N) is 4. The summed E-state index contributed by atoms with van der Waals surface area (Å²) in [6.45, 7) is 3.75. The summed E-state index contributed by atoms with van der Waals surface area (Å²) in [7, 11) is 0. The van der Waals surface area contributed by atoms with Crippen molar-refractivity contribution < 1.29 is 9.36 Å². The van der Waals surface area contributed by atoms with Crippen molar-refractivity contribution in [3.8, 4) is 0 Å². The van der Waals surface area contributed by atoms with Crippen molar-refractivity contribution in [1.82, 2.24) is 24.8 Å². The van der Waals surface area contributed by atoms with Crippen LogP contribution in [0.5, 0.6) is 0 Å². The van der Waals surface area contributed by atoms with Crippen LogP contribution < -0.4 is 15.6 Å². The predicted molar refractivity (Wildman–Crippen MR) is 128 cm³/mol. The molecule has 166 valence electrons. The number of fused-ring (bicyclic) bond motifs is 2. The summed E-state index contributed by atoms with van der Waals surface area (Å²) >= 11 is 6.31. The fraction of sp³-hybridized carbons (Fsp3) is 0.167. The van der Waals surface area contributed by atoms with Crippen LogP contribution in [-0.2, 0) is 19.6 Å². The molecular weight excluding hydrogens is 438 g/mol. The van der Waals surface area contributed by atoms with E-state index in [1.165, 1.54) is 0 Å². The molecule has 2 aromatic carbocycles. The van der Waals surface area contributed by atoms with E-state index < -0.39 is 0 Å². The normalized spacial score (nSPS) is 11.3. The lowest BCUT2D eigenvalue weighted by atomic mass is 10.2. The van der Waals surface area contributed by atoms with Gasteiger partial charge < -0.3 is 16.0 Å². The molecule has 5 rings (SSSR count). The molecular formula is C24H23ClN7O+. The maximum absolute atomic E-state index is 13.0. The van der Waals surface area contributed by atoms with E-state index in [-0.39, 0.29) is 24.0 Å². The third-order valence-electron chi connectivity index (χ3n) is 5.68.